The van der Waals surface area contributed by atoms with Gasteiger partial charge in [0.25, 0.3) is 5.91 Å². The number of pyridine rings is 1. The molecule has 1 aliphatic heterocycles. The van der Waals surface area contributed by atoms with E-state index in [0.717, 1.165) is 12.3 Å². The molecule has 0 aliphatic carbocycles. The lowest BCUT2D eigenvalue weighted by molar-refractivity contribution is -0.137. The molecule has 3 rings (SSSR count). The van der Waals surface area contributed by atoms with Crippen molar-refractivity contribution in [2.75, 3.05) is 13.1 Å². The molecule has 6 nitrogen and oxygen atoms in total. The molecule has 0 saturated carbocycles. The van der Waals surface area contributed by atoms with Crippen LogP contribution in [0.15, 0.2) is 24.5 Å². The third kappa shape index (κ3) is 4.04. The zero-order valence-corrected chi connectivity index (χ0v) is 16.0. The number of carbonyl (C=O) groups is 1. The summed E-state index contributed by atoms with van der Waals surface area (Å²) in [6.45, 7) is 6.40. The molecule has 1 N–H and O–H groups in total. The molecule has 3 heterocycles. The second kappa shape index (κ2) is 7.20. The fourth-order valence-electron chi connectivity index (χ4n) is 3.30. The van der Waals surface area contributed by atoms with Gasteiger partial charge in [0.15, 0.2) is 5.82 Å². The number of hydrogen-bond donors (Lipinski definition) is 1. The maximum atomic E-state index is 13.0. The number of nitrogens with zero attached hydrogens (tertiary/aromatic N) is 4. The monoisotopic (exact) mass is 396 g/mol. The molecule has 0 spiro atoms. The molecule has 1 aliphatic rings. The Hall–Kier alpha value is -2.42. The number of aromatic nitrogens is 3. The Kier molecular flexibility index (Phi) is 5.22. The van der Waals surface area contributed by atoms with Crippen molar-refractivity contribution < 1.29 is 23.1 Å². The summed E-state index contributed by atoms with van der Waals surface area (Å²) in [4.78, 5) is 18.5. The van der Waals surface area contributed by atoms with Gasteiger partial charge in [0.1, 0.15) is 0 Å². The van der Waals surface area contributed by atoms with Crippen molar-refractivity contribution in [2.24, 2.45) is 0 Å². The number of alkyl halides is 3. The van der Waals surface area contributed by atoms with Gasteiger partial charge in [-0.2, -0.15) is 18.3 Å². The third-order valence-corrected chi connectivity index (χ3v) is 5.00. The summed E-state index contributed by atoms with van der Waals surface area (Å²) in [7, 11) is 0. The fourth-order valence-corrected chi connectivity index (χ4v) is 3.30. The molecule has 2 aromatic heterocycles. The minimum absolute atomic E-state index is 0.0987. The summed E-state index contributed by atoms with van der Waals surface area (Å²) in [5, 5.41) is 14.3. The second-order valence-corrected chi connectivity index (χ2v) is 7.70. The average Bonchev–Trinajstić information content (AvgIpc) is 3.06. The number of aliphatic hydroxyl groups is 1. The highest BCUT2D eigenvalue weighted by Gasteiger charge is 2.33. The first-order valence-electron chi connectivity index (χ1n) is 9.13. The van der Waals surface area contributed by atoms with Crippen LogP contribution in [0.3, 0.4) is 0 Å². The SMILES string of the molecule is CC(C)c1c(C(=O)N2CCC(C)(O)CC2)cnn1-c1ccc(C(F)(F)F)cn1. The minimum atomic E-state index is -4.47. The van der Waals surface area contributed by atoms with Crippen LogP contribution in [0.1, 0.15) is 61.1 Å². The van der Waals surface area contributed by atoms with Gasteiger partial charge in [-0.1, -0.05) is 13.8 Å². The normalized spacial score (nSPS) is 17.2. The smallest absolute Gasteiger partial charge is 0.390 e. The number of piperidine rings is 1. The predicted molar refractivity (Wildman–Crippen MR) is 96.2 cm³/mol. The highest BCUT2D eigenvalue weighted by molar-refractivity contribution is 5.95. The lowest BCUT2D eigenvalue weighted by atomic mass is 9.93. The van der Waals surface area contributed by atoms with Gasteiger partial charge < -0.3 is 10.0 Å². The van der Waals surface area contributed by atoms with Crippen LogP contribution in [-0.4, -0.2) is 49.4 Å². The zero-order valence-electron chi connectivity index (χ0n) is 16.0. The molecule has 0 aromatic carbocycles. The molecule has 152 valence electrons. The Morgan fingerprint density at radius 2 is 1.86 bits per heavy atom. The van der Waals surface area contributed by atoms with E-state index in [-0.39, 0.29) is 17.6 Å². The van der Waals surface area contributed by atoms with Crippen molar-refractivity contribution in [3.8, 4) is 5.82 Å². The first-order valence-corrected chi connectivity index (χ1v) is 9.13. The molecule has 1 fully saturated rings. The quantitative estimate of drug-likeness (QED) is 0.863. The molecule has 1 saturated heterocycles. The van der Waals surface area contributed by atoms with E-state index in [1.165, 1.54) is 16.9 Å². The molecular weight excluding hydrogens is 373 g/mol. The number of halogens is 3. The van der Waals surface area contributed by atoms with Crippen molar-refractivity contribution in [2.45, 2.75) is 51.3 Å². The van der Waals surface area contributed by atoms with Gasteiger partial charge in [0.2, 0.25) is 0 Å². The van der Waals surface area contributed by atoms with Gasteiger partial charge in [-0.05, 0) is 37.8 Å². The minimum Gasteiger partial charge on any atom is -0.390 e. The standard InChI is InChI=1S/C19H23F3N4O2/c1-12(2)16-14(17(27)25-8-6-18(3,28)7-9-25)11-24-26(16)15-5-4-13(10-23-15)19(20,21)22/h4-5,10-12,28H,6-9H2,1-3H3. The van der Waals surface area contributed by atoms with Crippen LogP contribution >= 0.6 is 0 Å². The summed E-state index contributed by atoms with van der Waals surface area (Å²) in [5.74, 6) is -0.0758. The van der Waals surface area contributed by atoms with Crippen LogP contribution in [0.5, 0.6) is 0 Å². The van der Waals surface area contributed by atoms with E-state index in [0.29, 0.717) is 37.2 Å². The van der Waals surface area contributed by atoms with E-state index >= 15 is 0 Å². The van der Waals surface area contributed by atoms with Crippen molar-refractivity contribution in [3.63, 3.8) is 0 Å². The van der Waals surface area contributed by atoms with E-state index in [2.05, 4.69) is 10.1 Å². The molecule has 0 unspecified atom stereocenters. The first-order chi connectivity index (χ1) is 13.0. The summed E-state index contributed by atoms with van der Waals surface area (Å²) in [6.07, 6.45) is -1.29. The first kappa shape index (κ1) is 20.3. The number of likely N-dealkylation sites (tertiary alicyclic amines) is 1. The maximum absolute atomic E-state index is 13.0. The van der Waals surface area contributed by atoms with E-state index in [1.54, 1.807) is 11.8 Å². The lowest BCUT2D eigenvalue weighted by Gasteiger charge is -2.35. The maximum Gasteiger partial charge on any atom is 0.417 e. The van der Waals surface area contributed by atoms with Gasteiger partial charge in [0, 0.05) is 19.3 Å². The van der Waals surface area contributed by atoms with Gasteiger partial charge in [-0.3, -0.25) is 4.79 Å². The third-order valence-electron chi connectivity index (χ3n) is 5.00. The second-order valence-electron chi connectivity index (χ2n) is 7.70. The summed E-state index contributed by atoms with van der Waals surface area (Å²) >= 11 is 0. The largest absolute Gasteiger partial charge is 0.417 e. The highest BCUT2D eigenvalue weighted by atomic mass is 19.4. The highest BCUT2D eigenvalue weighted by Crippen LogP contribution is 2.30. The summed E-state index contributed by atoms with van der Waals surface area (Å²) in [5.41, 5.74) is -0.620. The zero-order chi connectivity index (χ0) is 20.7. The fraction of sp³-hybridized carbons (Fsp3) is 0.526. The summed E-state index contributed by atoms with van der Waals surface area (Å²) < 4.78 is 39.7. The molecule has 2 aromatic rings. The van der Waals surface area contributed by atoms with Gasteiger partial charge in [-0.15, -0.1) is 0 Å². The number of carbonyl (C=O) groups excluding carboxylic acids is 1. The average molecular weight is 396 g/mol. The Morgan fingerprint density at radius 1 is 1.21 bits per heavy atom. The van der Waals surface area contributed by atoms with Crippen LogP contribution in [0.25, 0.3) is 5.82 Å². The summed E-state index contributed by atoms with van der Waals surface area (Å²) in [6, 6.07) is 2.19. The Labute approximate surface area is 161 Å². The van der Waals surface area contributed by atoms with E-state index < -0.39 is 17.3 Å². The molecular formula is C19H23F3N4O2. The van der Waals surface area contributed by atoms with Crippen molar-refractivity contribution in [1.82, 2.24) is 19.7 Å². The Bertz CT molecular complexity index is 847. The Balaban J connectivity index is 1.91. The van der Waals surface area contributed by atoms with E-state index in [1.807, 2.05) is 13.8 Å². The topological polar surface area (TPSA) is 71.2 Å². The number of rotatable bonds is 3. The van der Waals surface area contributed by atoms with E-state index in [9.17, 15) is 23.1 Å². The van der Waals surface area contributed by atoms with Crippen LogP contribution in [-0.2, 0) is 6.18 Å². The molecule has 0 atom stereocenters. The number of amides is 1. The molecule has 9 heteroatoms. The Morgan fingerprint density at radius 3 is 2.36 bits per heavy atom. The van der Waals surface area contributed by atoms with Gasteiger partial charge in [0.05, 0.1) is 28.6 Å². The van der Waals surface area contributed by atoms with Crippen molar-refractivity contribution in [3.05, 3.63) is 41.3 Å². The molecule has 1 amide bonds. The van der Waals surface area contributed by atoms with Crippen LogP contribution in [0.2, 0.25) is 0 Å². The molecule has 0 bridgehead atoms. The van der Waals surface area contributed by atoms with Crippen molar-refractivity contribution >= 4 is 5.91 Å². The van der Waals surface area contributed by atoms with Gasteiger partial charge >= 0.3 is 6.18 Å². The van der Waals surface area contributed by atoms with Crippen LogP contribution < -0.4 is 0 Å². The van der Waals surface area contributed by atoms with E-state index in [4.69, 9.17) is 0 Å². The van der Waals surface area contributed by atoms with Crippen LogP contribution in [0, 0.1) is 0 Å². The predicted octanol–water partition coefficient (Wildman–Crippen LogP) is 3.40. The molecule has 28 heavy (non-hydrogen) atoms. The lowest BCUT2D eigenvalue weighted by Crippen LogP contribution is -2.45. The van der Waals surface area contributed by atoms with Crippen molar-refractivity contribution in [1.29, 1.82) is 0 Å². The van der Waals surface area contributed by atoms with Crippen LogP contribution in [0.4, 0.5) is 13.2 Å². The number of hydrogen-bond acceptors (Lipinski definition) is 4. The van der Waals surface area contributed by atoms with Gasteiger partial charge in [-0.25, -0.2) is 9.67 Å². The molecule has 0 radical (unpaired) electrons.